The zero-order valence-corrected chi connectivity index (χ0v) is 15.8. The number of benzene rings is 1. The molecule has 142 valence electrons. The van der Waals surface area contributed by atoms with Crippen LogP contribution in [0.15, 0.2) is 35.1 Å². The number of hydrogen-bond donors (Lipinski definition) is 2. The maximum absolute atomic E-state index is 13.2. The number of aromatic amines is 1. The van der Waals surface area contributed by atoms with E-state index in [0.29, 0.717) is 23.7 Å². The van der Waals surface area contributed by atoms with Crippen LogP contribution in [0.3, 0.4) is 0 Å². The fourth-order valence-electron chi connectivity index (χ4n) is 3.42. The van der Waals surface area contributed by atoms with E-state index < -0.39 is 0 Å². The first-order valence-electron chi connectivity index (χ1n) is 9.31. The molecule has 8 heteroatoms. The first kappa shape index (κ1) is 17.5. The molecular formula is C19H25N7O. The summed E-state index contributed by atoms with van der Waals surface area (Å²) < 4.78 is 1.73. The van der Waals surface area contributed by atoms with Gasteiger partial charge in [-0.2, -0.15) is 9.97 Å². The fourth-order valence-corrected chi connectivity index (χ4v) is 3.42. The molecule has 4 rings (SSSR count). The van der Waals surface area contributed by atoms with Gasteiger partial charge in [0.1, 0.15) is 0 Å². The molecule has 1 aliphatic heterocycles. The van der Waals surface area contributed by atoms with Crippen LogP contribution in [0.4, 0.5) is 11.9 Å². The Labute approximate surface area is 157 Å². The fraction of sp³-hybridized carbons (Fsp3) is 0.421. The highest BCUT2D eigenvalue weighted by Crippen LogP contribution is 2.17. The lowest BCUT2D eigenvalue weighted by molar-refractivity contribution is 0.582. The van der Waals surface area contributed by atoms with Crippen molar-refractivity contribution < 1.29 is 0 Å². The van der Waals surface area contributed by atoms with Crippen molar-refractivity contribution in [1.82, 2.24) is 24.8 Å². The monoisotopic (exact) mass is 367 g/mol. The van der Waals surface area contributed by atoms with E-state index in [-0.39, 0.29) is 5.56 Å². The molecule has 0 saturated carbocycles. The molecule has 2 aromatic heterocycles. The van der Waals surface area contributed by atoms with Crippen molar-refractivity contribution in [1.29, 1.82) is 0 Å². The second kappa shape index (κ2) is 7.40. The number of fused-ring (bicyclic) bond motifs is 1. The third kappa shape index (κ3) is 3.52. The smallest absolute Gasteiger partial charge is 0.281 e. The number of aromatic nitrogens is 4. The molecule has 0 bridgehead atoms. The summed E-state index contributed by atoms with van der Waals surface area (Å²) >= 11 is 0. The summed E-state index contributed by atoms with van der Waals surface area (Å²) in [5.74, 6) is 1.35. The molecule has 0 spiro atoms. The minimum Gasteiger partial charge on any atom is -0.348 e. The van der Waals surface area contributed by atoms with Crippen molar-refractivity contribution in [2.24, 2.45) is 0 Å². The van der Waals surface area contributed by atoms with Gasteiger partial charge < -0.3 is 20.1 Å². The van der Waals surface area contributed by atoms with Gasteiger partial charge in [-0.15, -0.1) is 0 Å². The van der Waals surface area contributed by atoms with Crippen LogP contribution in [-0.2, 0) is 13.0 Å². The van der Waals surface area contributed by atoms with Crippen molar-refractivity contribution >= 4 is 23.1 Å². The SMILES string of the molecule is CN(C)c1nc2nc(N3CCNCC3)[nH]c2c(=O)n1CCc1ccccc1. The third-order valence-corrected chi connectivity index (χ3v) is 4.86. The first-order valence-corrected chi connectivity index (χ1v) is 9.31. The van der Waals surface area contributed by atoms with Gasteiger partial charge in [0, 0.05) is 46.8 Å². The lowest BCUT2D eigenvalue weighted by atomic mass is 10.1. The van der Waals surface area contributed by atoms with Crippen LogP contribution in [0.25, 0.3) is 11.2 Å². The molecule has 8 nitrogen and oxygen atoms in total. The van der Waals surface area contributed by atoms with Crippen LogP contribution in [-0.4, -0.2) is 59.8 Å². The second-order valence-corrected chi connectivity index (χ2v) is 6.99. The summed E-state index contributed by atoms with van der Waals surface area (Å²) in [4.78, 5) is 29.7. The molecule has 2 N–H and O–H groups in total. The van der Waals surface area contributed by atoms with Gasteiger partial charge in [0.05, 0.1) is 0 Å². The van der Waals surface area contributed by atoms with E-state index in [1.165, 1.54) is 5.56 Å². The van der Waals surface area contributed by atoms with Gasteiger partial charge in [0.2, 0.25) is 11.9 Å². The van der Waals surface area contributed by atoms with Gasteiger partial charge in [-0.05, 0) is 12.0 Å². The summed E-state index contributed by atoms with van der Waals surface area (Å²) in [5, 5.41) is 3.32. The Morgan fingerprint density at radius 1 is 1.11 bits per heavy atom. The van der Waals surface area contributed by atoms with E-state index >= 15 is 0 Å². The molecule has 0 unspecified atom stereocenters. The number of anilines is 2. The van der Waals surface area contributed by atoms with Gasteiger partial charge in [-0.1, -0.05) is 30.3 Å². The molecule has 1 aromatic carbocycles. The minimum atomic E-state index is -0.0754. The van der Waals surface area contributed by atoms with E-state index in [0.717, 1.165) is 38.5 Å². The van der Waals surface area contributed by atoms with Gasteiger partial charge in [0.25, 0.3) is 5.56 Å². The number of nitrogens with zero attached hydrogens (tertiary/aromatic N) is 5. The molecule has 1 saturated heterocycles. The molecule has 1 fully saturated rings. The molecule has 0 aliphatic carbocycles. The van der Waals surface area contributed by atoms with E-state index in [1.54, 1.807) is 4.57 Å². The van der Waals surface area contributed by atoms with Gasteiger partial charge in [-0.3, -0.25) is 9.36 Å². The third-order valence-electron chi connectivity index (χ3n) is 4.86. The van der Waals surface area contributed by atoms with E-state index in [4.69, 9.17) is 0 Å². The predicted octanol–water partition coefficient (Wildman–Crippen LogP) is 0.838. The van der Waals surface area contributed by atoms with Crippen molar-refractivity contribution in [2.75, 3.05) is 50.1 Å². The normalized spacial score (nSPS) is 14.7. The first-order chi connectivity index (χ1) is 13.1. The highest BCUT2D eigenvalue weighted by molar-refractivity contribution is 5.74. The molecule has 0 radical (unpaired) electrons. The summed E-state index contributed by atoms with van der Waals surface area (Å²) in [6.45, 7) is 4.12. The van der Waals surface area contributed by atoms with Crippen molar-refractivity contribution in [3.05, 3.63) is 46.2 Å². The predicted molar refractivity (Wildman–Crippen MR) is 108 cm³/mol. The van der Waals surface area contributed by atoms with Crippen molar-refractivity contribution in [3.63, 3.8) is 0 Å². The Morgan fingerprint density at radius 2 is 1.85 bits per heavy atom. The molecule has 1 aliphatic rings. The van der Waals surface area contributed by atoms with Crippen LogP contribution in [0, 0.1) is 0 Å². The summed E-state index contributed by atoms with van der Waals surface area (Å²) in [7, 11) is 3.80. The van der Waals surface area contributed by atoms with Crippen LogP contribution in [0.5, 0.6) is 0 Å². The van der Waals surface area contributed by atoms with Gasteiger partial charge >= 0.3 is 0 Å². The number of hydrogen-bond acceptors (Lipinski definition) is 6. The topological polar surface area (TPSA) is 82.1 Å². The quantitative estimate of drug-likeness (QED) is 0.695. The highest BCUT2D eigenvalue weighted by atomic mass is 16.1. The van der Waals surface area contributed by atoms with Crippen LogP contribution in [0.2, 0.25) is 0 Å². The molecule has 3 heterocycles. The number of aryl methyl sites for hydroxylation is 1. The lowest BCUT2D eigenvalue weighted by Gasteiger charge is -2.26. The highest BCUT2D eigenvalue weighted by Gasteiger charge is 2.19. The van der Waals surface area contributed by atoms with Crippen LogP contribution < -0.4 is 20.7 Å². The zero-order valence-electron chi connectivity index (χ0n) is 15.8. The van der Waals surface area contributed by atoms with E-state index in [1.807, 2.05) is 37.2 Å². The van der Waals surface area contributed by atoms with E-state index in [2.05, 4.69) is 37.3 Å². The maximum atomic E-state index is 13.2. The lowest BCUT2D eigenvalue weighted by Crippen LogP contribution is -2.44. The molecule has 27 heavy (non-hydrogen) atoms. The number of imidazole rings is 1. The second-order valence-electron chi connectivity index (χ2n) is 6.99. The molecule has 0 amide bonds. The minimum absolute atomic E-state index is 0.0754. The Balaban J connectivity index is 1.71. The average Bonchev–Trinajstić information content (AvgIpc) is 3.13. The largest absolute Gasteiger partial charge is 0.348 e. The van der Waals surface area contributed by atoms with Gasteiger partial charge in [-0.25, -0.2) is 0 Å². The maximum Gasteiger partial charge on any atom is 0.281 e. The number of piperazine rings is 1. The molecule has 3 aromatic rings. The number of rotatable bonds is 5. The van der Waals surface area contributed by atoms with Crippen molar-refractivity contribution in [3.8, 4) is 0 Å². The average molecular weight is 367 g/mol. The standard InChI is InChI=1S/C19H25N7O/c1-24(2)19-23-16-15(21-18(22-16)25-12-9-20-10-13-25)17(27)26(19)11-8-14-6-4-3-5-7-14/h3-7,20H,8-13H2,1-2H3,(H,21,22). The van der Waals surface area contributed by atoms with Crippen LogP contribution >= 0.6 is 0 Å². The van der Waals surface area contributed by atoms with E-state index in [9.17, 15) is 4.79 Å². The number of nitrogens with one attached hydrogen (secondary N) is 2. The summed E-state index contributed by atoms with van der Waals surface area (Å²) in [6.07, 6.45) is 0.771. The Bertz CT molecular complexity index is 971. The van der Waals surface area contributed by atoms with Crippen LogP contribution in [0.1, 0.15) is 5.56 Å². The Hall–Kier alpha value is -2.87. The molecule has 0 atom stereocenters. The number of H-pyrrole nitrogens is 1. The van der Waals surface area contributed by atoms with Crippen molar-refractivity contribution in [2.45, 2.75) is 13.0 Å². The zero-order chi connectivity index (χ0) is 18.8. The molecular weight excluding hydrogens is 342 g/mol. The Kier molecular flexibility index (Phi) is 4.81. The van der Waals surface area contributed by atoms with Gasteiger partial charge in [0.15, 0.2) is 11.2 Å². The summed E-state index contributed by atoms with van der Waals surface area (Å²) in [5.41, 5.74) is 2.07. The summed E-state index contributed by atoms with van der Waals surface area (Å²) in [6, 6.07) is 10.2. The Morgan fingerprint density at radius 3 is 2.56 bits per heavy atom.